The normalized spacial score (nSPS) is 11.8. The van der Waals surface area contributed by atoms with E-state index in [0.717, 1.165) is 17.7 Å². The topological polar surface area (TPSA) is 32.3 Å². The van der Waals surface area contributed by atoms with Gasteiger partial charge in [0.1, 0.15) is 0 Å². The molecule has 2 rings (SSSR count). The molecule has 116 valence electrons. The second-order valence-electron chi connectivity index (χ2n) is 5.90. The van der Waals surface area contributed by atoms with Crippen molar-refractivity contribution in [2.75, 3.05) is 19.0 Å². The lowest BCUT2D eigenvalue weighted by atomic mass is 10.1. The fraction of sp³-hybridized carbons (Fsp3) is 0.316. The number of amides is 1. The highest BCUT2D eigenvalue weighted by atomic mass is 16.1. The lowest BCUT2D eigenvalue weighted by molar-refractivity contribution is -0.121. The zero-order chi connectivity index (χ0) is 15.9. The Balaban J connectivity index is 1.84. The van der Waals surface area contributed by atoms with Gasteiger partial charge in [-0.15, -0.1) is 0 Å². The van der Waals surface area contributed by atoms with Crippen molar-refractivity contribution in [3.05, 3.63) is 65.7 Å². The van der Waals surface area contributed by atoms with Crippen LogP contribution in [0, 0.1) is 0 Å². The number of benzene rings is 2. The predicted molar refractivity (Wildman–Crippen MR) is 92.2 cm³/mol. The number of rotatable bonds is 6. The highest BCUT2D eigenvalue weighted by molar-refractivity contribution is 5.79. The summed E-state index contributed by atoms with van der Waals surface area (Å²) in [4.78, 5) is 14.2. The lowest BCUT2D eigenvalue weighted by Gasteiger charge is -2.15. The molecule has 1 N–H and O–H groups in total. The summed E-state index contributed by atoms with van der Waals surface area (Å²) in [7, 11) is 4.01. The van der Waals surface area contributed by atoms with Crippen LogP contribution in [0.25, 0.3) is 0 Å². The van der Waals surface area contributed by atoms with E-state index in [2.05, 4.69) is 17.4 Å². The van der Waals surface area contributed by atoms with Crippen LogP contribution in [-0.4, -0.2) is 26.0 Å². The van der Waals surface area contributed by atoms with Crippen molar-refractivity contribution in [1.29, 1.82) is 0 Å². The molecule has 0 unspecified atom stereocenters. The maximum atomic E-state index is 12.1. The molecule has 2 aromatic rings. The van der Waals surface area contributed by atoms with Crippen molar-refractivity contribution >= 4 is 11.6 Å². The monoisotopic (exact) mass is 296 g/mol. The van der Waals surface area contributed by atoms with Gasteiger partial charge >= 0.3 is 0 Å². The number of nitrogens with zero attached hydrogens (tertiary/aromatic N) is 1. The van der Waals surface area contributed by atoms with Crippen LogP contribution in [0.15, 0.2) is 54.6 Å². The lowest BCUT2D eigenvalue weighted by Crippen LogP contribution is -2.35. The maximum absolute atomic E-state index is 12.1. The molecule has 1 amide bonds. The van der Waals surface area contributed by atoms with Gasteiger partial charge in [0, 0.05) is 25.8 Å². The van der Waals surface area contributed by atoms with Crippen molar-refractivity contribution in [2.45, 2.75) is 25.8 Å². The first-order valence-corrected chi connectivity index (χ1v) is 7.64. The van der Waals surface area contributed by atoms with Gasteiger partial charge in [-0.2, -0.15) is 0 Å². The Bertz CT molecular complexity index is 591. The van der Waals surface area contributed by atoms with E-state index >= 15 is 0 Å². The molecule has 0 saturated heterocycles. The van der Waals surface area contributed by atoms with Crippen LogP contribution in [0.4, 0.5) is 5.69 Å². The van der Waals surface area contributed by atoms with Gasteiger partial charge in [-0.05, 0) is 36.6 Å². The fourth-order valence-corrected chi connectivity index (χ4v) is 2.44. The molecule has 3 nitrogen and oxygen atoms in total. The summed E-state index contributed by atoms with van der Waals surface area (Å²) in [6.07, 6.45) is 1.28. The van der Waals surface area contributed by atoms with E-state index in [0.29, 0.717) is 6.42 Å². The highest BCUT2D eigenvalue weighted by Crippen LogP contribution is 2.12. The molecule has 0 heterocycles. The summed E-state index contributed by atoms with van der Waals surface area (Å²) >= 11 is 0. The minimum Gasteiger partial charge on any atom is -0.378 e. The van der Waals surface area contributed by atoms with E-state index in [1.165, 1.54) is 5.56 Å². The number of carbonyl (C=O) groups excluding carboxylic acids is 1. The molecule has 0 bridgehead atoms. The second-order valence-corrected chi connectivity index (χ2v) is 5.90. The molecule has 0 fully saturated rings. The van der Waals surface area contributed by atoms with E-state index in [1.54, 1.807) is 0 Å². The smallest absolute Gasteiger partial charge is 0.224 e. The van der Waals surface area contributed by atoms with Crippen LogP contribution in [0.2, 0.25) is 0 Å². The molecule has 0 spiro atoms. The van der Waals surface area contributed by atoms with E-state index < -0.39 is 0 Å². The van der Waals surface area contributed by atoms with Crippen molar-refractivity contribution in [3.8, 4) is 0 Å². The van der Waals surface area contributed by atoms with Gasteiger partial charge in [0.2, 0.25) is 5.91 Å². The van der Waals surface area contributed by atoms with Crippen LogP contribution in [-0.2, 0) is 17.6 Å². The zero-order valence-corrected chi connectivity index (χ0v) is 13.5. The Morgan fingerprint density at radius 1 is 1.00 bits per heavy atom. The highest BCUT2D eigenvalue weighted by Gasteiger charge is 2.09. The second kappa shape index (κ2) is 7.64. The van der Waals surface area contributed by atoms with E-state index in [4.69, 9.17) is 0 Å². The summed E-state index contributed by atoms with van der Waals surface area (Å²) in [5.41, 5.74) is 3.42. The molecular formula is C19H24N2O. The first-order chi connectivity index (χ1) is 10.5. The molecule has 0 saturated carbocycles. The van der Waals surface area contributed by atoms with Gasteiger partial charge in [-0.1, -0.05) is 42.5 Å². The number of anilines is 1. The number of hydrogen-bond acceptors (Lipinski definition) is 2. The fourth-order valence-electron chi connectivity index (χ4n) is 2.44. The summed E-state index contributed by atoms with van der Waals surface area (Å²) < 4.78 is 0. The third-order valence-corrected chi connectivity index (χ3v) is 3.61. The van der Waals surface area contributed by atoms with Crippen molar-refractivity contribution in [2.24, 2.45) is 0 Å². The molecule has 0 aliphatic carbocycles. The van der Waals surface area contributed by atoms with E-state index in [-0.39, 0.29) is 11.9 Å². The molecule has 3 heteroatoms. The van der Waals surface area contributed by atoms with E-state index in [9.17, 15) is 4.79 Å². The SMILES string of the molecule is C[C@H](Cc1ccccc1)NC(=O)Cc1ccc(N(C)C)cc1. The molecule has 0 radical (unpaired) electrons. The van der Waals surface area contributed by atoms with Gasteiger partial charge in [-0.3, -0.25) is 4.79 Å². The number of carbonyl (C=O) groups is 1. The van der Waals surface area contributed by atoms with Crippen molar-refractivity contribution in [1.82, 2.24) is 5.32 Å². The average molecular weight is 296 g/mol. The quantitative estimate of drug-likeness (QED) is 0.888. The maximum Gasteiger partial charge on any atom is 0.224 e. The Kier molecular flexibility index (Phi) is 5.59. The first kappa shape index (κ1) is 16.1. The zero-order valence-electron chi connectivity index (χ0n) is 13.5. The minimum absolute atomic E-state index is 0.0704. The summed E-state index contributed by atoms with van der Waals surface area (Å²) in [6, 6.07) is 18.5. The predicted octanol–water partition coefficient (Wildman–Crippen LogP) is 3.04. The average Bonchev–Trinajstić information content (AvgIpc) is 2.48. The minimum atomic E-state index is 0.0704. The van der Waals surface area contributed by atoms with Crippen LogP contribution in [0.5, 0.6) is 0 Å². The molecule has 2 aromatic carbocycles. The number of hydrogen-bond donors (Lipinski definition) is 1. The molecular weight excluding hydrogens is 272 g/mol. The molecule has 0 aliphatic rings. The van der Waals surface area contributed by atoms with Gasteiger partial charge in [0.25, 0.3) is 0 Å². The van der Waals surface area contributed by atoms with Gasteiger partial charge < -0.3 is 10.2 Å². The summed E-state index contributed by atoms with van der Waals surface area (Å²) in [5, 5.41) is 3.06. The Labute approximate surface area is 133 Å². The van der Waals surface area contributed by atoms with Crippen molar-refractivity contribution < 1.29 is 4.79 Å². The third kappa shape index (κ3) is 4.92. The summed E-state index contributed by atoms with van der Waals surface area (Å²) in [5.74, 6) is 0.0704. The van der Waals surface area contributed by atoms with Crippen LogP contribution in [0.3, 0.4) is 0 Å². The first-order valence-electron chi connectivity index (χ1n) is 7.64. The summed E-state index contributed by atoms with van der Waals surface area (Å²) in [6.45, 7) is 2.04. The molecule has 0 aromatic heterocycles. The van der Waals surface area contributed by atoms with Crippen LogP contribution < -0.4 is 10.2 Å². The van der Waals surface area contributed by atoms with Gasteiger partial charge in [0.05, 0.1) is 6.42 Å². The van der Waals surface area contributed by atoms with Crippen LogP contribution in [0.1, 0.15) is 18.1 Å². The Hall–Kier alpha value is -2.29. The van der Waals surface area contributed by atoms with Crippen LogP contribution >= 0.6 is 0 Å². The molecule has 0 aliphatic heterocycles. The van der Waals surface area contributed by atoms with Crippen molar-refractivity contribution in [3.63, 3.8) is 0 Å². The molecule has 1 atom stereocenters. The van der Waals surface area contributed by atoms with Gasteiger partial charge in [0.15, 0.2) is 0 Å². The standard InChI is InChI=1S/C19H24N2O/c1-15(13-16-7-5-4-6-8-16)20-19(22)14-17-9-11-18(12-10-17)21(2)3/h4-12,15H,13-14H2,1-3H3,(H,20,22)/t15-/m1/s1. The van der Waals surface area contributed by atoms with E-state index in [1.807, 2.05) is 68.4 Å². The third-order valence-electron chi connectivity index (χ3n) is 3.61. The largest absolute Gasteiger partial charge is 0.378 e. The number of nitrogens with one attached hydrogen (secondary N) is 1. The Morgan fingerprint density at radius 3 is 2.23 bits per heavy atom. The van der Waals surface area contributed by atoms with Gasteiger partial charge in [-0.25, -0.2) is 0 Å². The molecule has 22 heavy (non-hydrogen) atoms. The Morgan fingerprint density at radius 2 is 1.64 bits per heavy atom.